The van der Waals surface area contributed by atoms with Crippen LogP contribution in [0.4, 0.5) is 0 Å². The maximum atomic E-state index is 6.00. The van der Waals surface area contributed by atoms with Gasteiger partial charge in [-0.1, -0.05) is 84.0 Å². The lowest BCUT2D eigenvalue weighted by atomic mass is 9.80. The minimum Gasteiger partial charge on any atom is -0.330 e. The minimum atomic E-state index is 0.431. The van der Waals surface area contributed by atoms with Crippen LogP contribution in [0.2, 0.25) is 0 Å². The normalized spacial score (nSPS) is 25.0. The highest BCUT2D eigenvalue weighted by Crippen LogP contribution is 2.30. The Labute approximate surface area is 115 Å². The van der Waals surface area contributed by atoms with E-state index in [2.05, 4.69) is 6.92 Å². The van der Waals surface area contributed by atoms with E-state index < -0.39 is 0 Å². The van der Waals surface area contributed by atoms with Crippen LogP contribution in [0.1, 0.15) is 96.8 Å². The molecular formula is C17H35N. The van der Waals surface area contributed by atoms with E-state index in [1.165, 1.54) is 89.9 Å². The van der Waals surface area contributed by atoms with Crippen molar-refractivity contribution in [2.24, 2.45) is 11.1 Å². The predicted octanol–water partition coefficient (Wildman–Crippen LogP) is 5.43. The van der Waals surface area contributed by atoms with Gasteiger partial charge in [-0.15, -0.1) is 0 Å². The quantitative estimate of drug-likeness (QED) is 0.663. The van der Waals surface area contributed by atoms with Gasteiger partial charge in [0.1, 0.15) is 0 Å². The molecule has 1 fully saturated rings. The number of hydrogen-bond acceptors (Lipinski definition) is 1. The van der Waals surface area contributed by atoms with Gasteiger partial charge in [0.05, 0.1) is 0 Å². The lowest BCUT2D eigenvalue weighted by Crippen LogP contribution is -2.27. The summed E-state index contributed by atoms with van der Waals surface area (Å²) >= 11 is 0. The molecule has 0 atom stereocenters. The highest BCUT2D eigenvalue weighted by Gasteiger charge is 2.21. The van der Waals surface area contributed by atoms with Crippen LogP contribution in [0.15, 0.2) is 0 Å². The summed E-state index contributed by atoms with van der Waals surface area (Å²) in [6.07, 6.45) is 20.0. The van der Waals surface area contributed by atoms with Gasteiger partial charge < -0.3 is 5.73 Å². The Bertz CT molecular complexity index is 172. The van der Waals surface area contributed by atoms with Gasteiger partial charge in [0, 0.05) is 0 Å². The maximum absolute atomic E-state index is 6.00. The van der Waals surface area contributed by atoms with Crippen LogP contribution in [0.5, 0.6) is 0 Å². The van der Waals surface area contributed by atoms with Crippen LogP contribution in [0, 0.1) is 5.41 Å². The van der Waals surface area contributed by atoms with Gasteiger partial charge in [-0.25, -0.2) is 0 Å². The lowest BCUT2D eigenvalue weighted by Gasteiger charge is -2.28. The highest BCUT2D eigenvalue weighted by molar-refractivity contribution is 4.75. The van der Waals surface area contributed by atoms with E-state index in [0.717, 1.165) is 6.54 Å². The van der Waals surface area contributed by atoms with E-state index in [4.69, 9.17) is 5.73 Å². The molecule has 0 aromatic rings. The molecule has 1 aliphatic carbocycles. The first-order valence-corrected chi connectivity index (χ1v) is 8.47. The van der Waals surface area contributed by atoms with Gasteiger partial charge in [-0.3, -0.25) is 0 Å². The Morgan fingerprint density at radius 2 is 0.889 bits per heavy atom. The van der Waals surface area contributed by atoms with Gasteiger partial charge in [0.25, 0.3) is 0 Å². The summed E-state index contributed by atoms with van der Waals surface area (Å²) in [5, 5.41) is 0. The molecule has 2 N–H and O–H groups in total. The molecule has 0 spiro atoms. The van der Waals surface area contributed by atoms with Crippen LogP contribution in [0.3, 0.4) is 0 Å². The second kappa shape index (κ2) is 9.83. The van der Waals surface area contributed by atoms with E-state index in [1.807, 2.05) is 0 Å². The zero-order chi connectivity index (χ0) is 13.1. The Balaban J connectivity index is 2.29. The molecule has 1 heteroatoms. The molecule has 0 aliphatic heterocycles. The van der Waals surface area contributed by atoms with E-state index in [0.29, 0.717) is 5.41 Å². The summed E-state index contributed by atoms with van der Waals surface area (Å²) in [4.78, 5) is 0. The predicted molar refractivity (Wildman–Crippen MR) is 81.8 cm³/mol. The minimum absolute atomic E-state index is 0.431. The molecule has 1 saturated carbocycles. The summed E-state index contributed by atoms with van der Waals surface area (Å²) in [5.41, 5.74) is 6.43. The molecule has 0 radical (unpaired) electrons. The average molecular weight is 253 g/mol. The standard InChI is InChI=1S/C17H35N/c1-17(16-18)14-12-10-8-6-4-2-3-5-7-9-11-13-15-17/h2-16,18H2,1H3. The van der Waals surface area contributed by atoms with Crippen LogP contribution in [-0.2, 0) is 0 Å². The summed E-state index contributed by atoms with van der Waals surface area (Å²) < 4.78 is 0. The molecule has 108 valence electrons. The Hall–Kier alpha value is -0.0400. The summed E-state index contributed by atoms with van der Waals surface area (Å²) in [6.45, 7) is 3.29. The van der Waals surface area contributed by atoms with Crippen LogP contribution < -0.4 is 5.73 Å². The van der Waals surface area contributed by atoms with Crippen molar-refractivity contribution in [3.8, 4) is 0 Å². The summed E-state index contributed by atoms with van der Waals surface area (Å²) in [5.74, 6) is 0. The molecule has 0 heterocycles. The third-order valence-electron chi connectivity index (χ3n) is 4.80. The van der Waals surface area contributed by atoms with Crippen molar-refractivity contribution in [2.75, 3.05) is 6.54 Å². The van der Waals surface area contributed by atoms with Crippen molar-refractivity contribution in [2.45, 2.75) is 96.8 Å². The van der Waals surface area contributed by atoms with Gasteiger partial charge in [0.2, 0.25) is 0 Å². The monoisotopic (exact) mass is 253 g/mol. The lowest BCUT2D eigenvalue weighted by molar-refractivity contribution is 0.261. The Morgan fingerprint density at radius 3 is 1.17 bits per heavy atom. The van der Waals surface area contributed by atoms with Crippen LogP contribution in [0.25, 0.3) is 0 Å². The molecule has 0 aromatic heterocycles. The van der Waals surface area contributed by atoms with E-state index in [1.54, 1.807) is 0 Å². The van der Waals surface area contributed by atoms with E-state index >= 15 is 0 Å². The SMILES string of the molecule is CC1(CN)CCCCCCCCCCCCCC1. The molecule has 1 rings (SSSR count). The molecule has 0 aromatic carbocycles. The maximum Gasteiger partial charge on any atom is -0.00232 e. The third-order valence-corrected chi connectivity index (χ3v) is 4.80. The van der Waals surface area contributed by atoms with Gasteiger partial charge in [-0.05, 0) is 24.8 Å². The van der Waals surface area contributed by atoms with E-state index in [-0.39, 0.29) is 0 Å². The zero-order valence-corrected chi connectivity index (χ0v) is 12.7. The first-order chi connectivity index (χ1) is 8.77. The van der Waals surface area contributed by atoms with Crippen molar-refractivity contribution in [3.05, 3.63) is 0 Å². The van der Waals surface area contributed by atoms with Crippen molar-refractivity contribution < 1.29 is 0 Å². The second-order valence-corrected chi connectivity index (χ2v) is 6.76. The largest absolute Gasteiger partial charge is 0.330 e. The van der Waals surface area contributed by atoms with Crippen molar-refractivity contribution >= 4 is 0 Å². The molecule has 18 heavy (non-hydrogen) atoms. The molecule has 0 bridgehead atoms. The first-order valence-electron chi connectivity index (χ1n) is 8.47. The topological polar surface area (TPSA) is 26.0 Å². The van der Waals surface area contributed by atoms with Gasteiger partial charge >= 0.3 is 0 Å². The first kappa shape index (κ1) is 16.0. The number of nitrogens with two attached hydrogens (primary N) is 1. The molecule has 1 aliphatic rings. The van der Waals surface area contributed by atoms with E-state index in [9.17, 15) is 0 Å². The fraction of sp³-hybridized carbons (Fsp3) is 1.00. The fourth-order valence-electron chi connectivity index (χ4n) is 3.20. The van der Waals surface area contributed by atoms with Crippen molar-refractivity contribution in [1.82, 2.24) is 0 Å². The molecule has 1 nitrogen and oxygen atoms in total. The molecule has 0 saturated heterocycles. The molecule has 0 amide bonds. The average Bonchev–Trinajstić information content (AvgIpc) is 2.39. The zero-order valence-electron chi connectivity index (χ0n) is 12.7. The van der Waals surface area contributed by atoms with Crippen LogP contribution >= 0.6 is 0 Å². The number of rotatable bonds is 1. The van der Waals surface area contributed by atoms with Gasteiger partial charge in [-0.2, -0.15) is 0 Å². The second-order valence-electron chi connectivity index (χ2n) is 6.76. The Morgan fingerprint density at radius 1 is 0.611 bits per heavy atom. The highest BCUT2D eigenvalue weighted by atomic mass is 14.6. The Kier molecular flexibility index (Phi) is 8.75. The molecular weight excluding hydrogens is 218 g/mol. The van der Waals surface area contributed by atoms with Crippen molar-refractivity contribution in [1.29, 1.82) is 0 Å². The smallest absolute Gasteiger partial charge is 0.00232 e. The van der Waals surface area contributed by atoms with Gasteiger partial charge in [0.15, 0.2) is 0 Å². The molecule has 0 unspecified atom stereocenters. The number of hydrogen-bond donors (Lipinski definition) is 1. The summed E-state index contributed by atoms with van der Waals surface area (Å²) in [6, 6.07) is 0. The van der Waals surface area contributed by atoms with Crippen molar-refractivity contribution in [3.63, 3.8) is 0 Å². The summed E-state index contributed by atoms with van der Waals surface area (Å²) in [7, 11) is 0. The third kappa shape index (κ3) is 7.41. The fourth-order valence-corrected chi connectivity index (χ4v) is 3.20. The van der Waals surface area contributed by atoms with Crippen LogP contribution in [-0.4, -0.2) is 6.54 Å².